The number of halogens is 1. The Morgan fingerprint density at radius 1 is 0.946 bits per heavy atom. The third-order valence-electron chi connectivity index (χ3n) is 5.79. The van der Waals surface area contributed by atoms with E-state index in [9.17, 15) is 9.59 Å². The van der Waals surface area contributed by atoms with Crippen molar-refractivity contribution in [3.05, 3.63) is 101 Å². The minimum atomic E-state index is -0.400. The lowest BCUT2D eigenvalue weighted by atomic mass is 10.1. The molecule has 3 aromatic carbocycles. The van der Waals surface area contributed by atoms with E-state index in [0.717, 1.165) is 39.3 Å². The number of nitrogens with one attached hydrogen (secondary N) is 2. The van der Waals surface area contributed by atoms with E-state index in [-0.39, 0.29) is 11.6 Å². The number of ether oxygens (including phenoxy) is 2. The first kappa shape index (κ1) is 26.4. The van der Waals surface area contributed by atoms with Crippen LogP contribution in [0.5, 0.6) is 11.5 Å². The third kappa shape index (κ3) is 8.46. The normalized spacial score (nSPS) is 14.1. The van der Waals surface area contributed by atoms with Crippen molar-refractivity contribution in [1.82, 2.24) is 15.5 Å². The van der Waals surface area contributed by atoms with Gasteiger partial charge in [0.1, 0.15) is 17.2 Å². The molecule has 37 heavy (non-hydrogen) atoms. The second-order valence-corrected chi connectivity index (χ2v) is 9.01. The van der Waals surface area contributed by atoms with Crippen LogP contribution in [0.25, 0.3) is 6.08 Å². The number of amides is 2. The van der Waals surface area contributed by atoms with Crippen LogP contribution in [0.4, 0.5) is 0 Å². The number of carbonyl (C=O) groups is 2. The van der Waals surface area contributed by atoms with Crippen LogP contribution in [0.15, 0.2) is 84.6 Å². The molecule has 0 aromatic heterocycles. The Morgan fingerprint density at radius 3 is 2.43 bits per heavy atom. The zero-order valence-electron chi connectivity index (χ0n) is 20.5. The fourth-order valence-electron chi connectivity index (χ4n) is 3.84. The minimum Gasteiger partial charge on any atom is -0.457 e. The Balaban J connectivity index is 1.46. The van der Waals surface area contributed by atoms with Gasteiger partial charge in [-0.1, -0.05) is 41.9 Å². The number of hydrogen-bond donors (Lipinski definition) is 2. The average Bonchev–Trinajstić information content (AvgIpc) is 2.92. The smallest absolute Gasteiger partial charge is 0.267 e. The van der Waals surface area contributed by atoms with Gasteiger partial charge in [0, 0.05) is 30.2 Å². The molecule has 192 valence electrons. The van der Waals surface area contributed by atoms with Gasteiger partial charge in [-0.15, -0.1) is 0 Å². The fraction of sp³-hybridized carbons (Fsp3) is 0.241. The molecule has 8 heteroatoms. The highest BCUT2D eigenvalue weighted by molar-refractivity contribution is 6.30. The maximum absolute atomic E-state index is 13.1. The van der Waals surface area contributed by atoms with E-state index >= 15 is 0 Å². The van der Waals surface area contributed by atoms with E-state index in [1.54, 1.807) is 30.3 Å². The van der Waals surface area contributed by atoms with Crippen molar-refractivity contribution < 1.29 is 19.1 Å². The summed E-state index contributed by atoms with van der Waals surface area (Å²) in [6, 6.07) is 23.3. The number of rotatable bonds is 10. The number of nitrogens with zero attached hydrogens (tertiary/aromatic N) is 1. The molecule has 0 spiro atoms. The van der Waals surface area contributed by atoms with Crippen LogP contribution in [0.3, 0.4) is 0 Å². The van der Waals surface area contributed by atoms with Gasteiger partial charge in [-0.25, -0.2) is 0 Å². The summed E-state index contributed by atoms with van der Waals surface area (Å²) in [5, 5.41) is 6.22. The Hall–Kier alpha value is -3.65. The standard InChI is InChI=1S/C29H30ClN3O4/c30-24-12-10-23(11-13-24)28(34)32-27(29(35)31-14-5-15-33-16-18-36-19-17-33)21-22-6-4-9-26(20-22)37-25-7-2-1-3-8-25/h1-4,6-13,20-21H,5,14-19H2,(H,31,35)(H,32,34)/b27-21+. The van der Waals surface area contributed by atoms with Crippen LogP contribution in [0.2, 0.25) is 5.02 Å². The first-order valence-corrected chi connectivity index (χ1v) is 12.6. The average molecular weight is 520 g/mol. The number of benzene rings is 3. The molecule has 0 unspecified atom stereocenters. The highest BCUT2D eigenvalue weighted by Crippen LogP contribution is 2.23. The Morgan fingerprint density at radius 2 is 1.68 bits per heavy atom. The molecule has 1 heterocycles. The molecule has 1 fully saturated rings. The molecular formula is C29H30ClN3O4. The van der Waals surface area contributed by atoms with E-state index in [0.29, 0.717) is 34.2 Å². The quantitative estimate of drug-likeness (QED) is 0.299. The van der Waals surface area contributed by atoms with E-state index in [1.807, 2.05) is 54.6 Å². The number of para-hydroxylation sites is 1. The van der Waals surface area contributed by atoms with E-state index in [1.165, 1.54) is 0 Å². The van der Waals surface area contributed by atoms with Crippen molar-refractivity contribution >= 4 is 29.5 Å². The Kier molecular flexibility index (Phi) is 9.71. The second-order valence-electron chi connectivity index (χ2n) is 8.57. The van der Waals surface area contributed by atoms with Gasteiger partial charge < -0.3 is 20.1 Å². The topological polar surface area (TPSA) is 79.9 Å². The molecular weight excluding hydrogens is 490 g/mol. The molecule has 2 N–H and O–H groups in total. The summed E-state index contributed by atoms with van der Waals surface area (Å²) in [5.74, 6) is 0.564. The minimum absolute atomic E-state index is 0.142. The lowest BCUT2D eigenvalue weighted by Crippen LogP contribution is -2.39. The van der Waals surface area contributed by atoms with Gasteiger partial charge in [-0.05, 0) is 73.1 Å². The summed E-state index contributed by atoms with van der Waals surface area (Å²) in [7, 11) is 0. The Bertz CT molecular complexity index is 1210. The molecule has 1 saturated heterocycles. The van der Waals surface area contributed by atoms with E-state index in [4.69, 9.17) is 21.1 Å². The first-order chi connectivity index (χ1) is 18.1. The Labute approximate surface area is 222 Å². The van der Waals surface area contributed by atoms with E-state index < -0.39 is 5.91 Å². The maximum Gasteiger partial charge on any atom is 0.267 e. The van der Waals surface area contributed by atoms with Gasteiger partial charge in [0.05, 0.1) is 13.2 Å². The summed E-state index contributed by atoms with van der Waals surface area (Å²) in [5.41, 5.74) is 1.25. The summed E-state index contributed by atoms with van der Waals surface area (Å²) in [6.45, 7) is 4.64. The van der Waals surface area contributed by atoms with Crippen molar-refractivity contribution in [2.24, 2.45) is 0 Å². The van der Waals surface area contributed by atoms with Gasteiger partial charge in [0.15, 0.2) is 0 Å². The zero-order valence-corrected chi connectivity index (χ0v) is 21.2. The molecule has 1 aliphatic heterocycles. The van der Waals surface area contributed by atoms with Crippen molar-refractivity contribution in [1.29, 1.82) is 0 Å². The molecule has 7 nitrogen and oxygen atoms in total. The maximum atomic E-state index is 13.1. The van der Waals surface area contributed by atoms with Crippen LogP contribution < -0.4 is 15.4 Å². The van der Waals surface area contributed by atoms with Crippen LogP contribution in [-0.4, -0.2) is 56.1 Å². The second kappa shape index (κ2) is 13.6. The summed E-state index contributed by atoms with van der Waals surface area (Å²) in [6.07, 6.45) is 2.44. The van der Waals surface area contributed by atoms with Crippen molar-refractivity contribution in [3.63, 3.8) is 0 Å². The largest absolute Gasteiger partial charge is 0.457 e. The number of morpholine rings is 1. The molecule has 2 amide bonds. The van der Waals surface area contributed by atoms with Crippen molar-refractivity contribution in [2.75, 3.05) is 39.4 Å². The lowest BCUT2D eigenvalue weighted by molar-refractivity contribution is -0.117. The molecule has 3 aromatic rings. The van der Waals surface area contributed by atoms with Gasteiger partial charge in [0.25, 0.3) is 11.8 Å². The number of hydrogen-bond acceptors (Lipinski definition) is 5. The predicted molar refractivity (Wildman–Crippen MR) is 145 cm³/mol. The SMILES string of the molecule is O=C(NCCCN1CCOCC1)/C(=C\c1cccc(Oc2ccccc2)c1)NC(=O)c1ccc(Cl)cc1. The van der Waals surface area contributed by atoms with Crippen LogP contribution in [0.1, 0.15) is 22.3 Å². The molecule has 0 saturated carbocycles. The molecule has 4 rings (SSSR count). The molecule has 0 radical (unpaired) electrons. The lowest BCUT2D eigenvalue weighted by Gasteiger charge is -2.26. The molecule has 1 aliphatic rings. The van der Waals surface area contributed by atoms with Crippen LogP contribution >= 0.6 is 11.6 Å². The van der Waals surface area contributed by atoms with Gasteiger partial charge >= 0.3 is 0 Å². The van der Waals surface area contributed by atoms with Crippen LogP contribution in [0, 0.1) is 0 Å². The van der Waals surface area contributed by atoms with Gasteiger partial charge in [-0.2, -0.15) is 0 Å². The van der Waals surface area contributed by atoms with Gasteiger partial charge in [-0.3, -0.25) is 14.5 Å². The van der Waals surface area contributed by atoms with Crippen LogP contribution in [-0.2, 0) is 9.53 Å². The molecule has 0 bridgehead atoms. The highest BCUT2D eigenvalue weighted by atomic mass is 35.5. The monoisotopic (exact) mass is 519 g/mol. The predicted octanol–water partition coefficient (Wildman–Crippen LogP) is 4.74. The van der Waals surface area contributed by atoms with E-state index in [2.05, 4.69) is 15.5 Å². The number of carbonyl (C=O) groups excluding carboxylic acids is 2. The fourth-order valence-corrected chi connectivity index (χ4v) is 3.96. The third-order valence-corrected chi connectivity index (χ3v) is 6.04. The van der Waals surface area contributed by atoms with Crippen molar-refractivity contribution in [3.8, 4) is 11.5 Å². The summed E-state index contributed by atoms with van der Waals surface area (Å²) >= 11 is 5.95. The molecule has 0 aliphatic carbocycles. The highest BCUT2D eigenvalue weighted by Gasteiger charge is 2.16. The zero-order chi connectivity index (χ0) is 25.9. The first-order valence-electron chi connectivity index (χ1n) is 12.3. The van der Waals surface area contributed by atoms with Crippen molar-refractivity contribution in [2.45, 2.75) is 6.42 Å². The summed E-state index contributed by atoms with van der Waals surface area (Å²) in [4.78, 5) is 28.3. The molecule has 0 atom stereocenters. The summed E-state index contributed by atoms with van der Waals surface area (Å²) < 4.78 is 11.3. The van der Waals surface area contributed by atoms with Gasteiger partial charge in [0.2, 0.25) is 0 Å².